The molecule has 17 heavy (non-hydrogen) atoms. The van der Waals surface area contributed by atoms with E-state index in [9.17, 15) is 8.42 Å². The van der Waals surface area contributed by atoms with Crippen LogP contribution in [0.25, 0.3) is 0 Å². The average molecular weight is 257 g/mol. The maximum absolute atomic E-state index is 11.6. The van der Waals surface area contributed by atoms with Crippen LogP contribution in [0.3, 0.4) is 0 Å². The SMILES string of the molecule is CCC(C(N)c1ccc(OC)cc1)S(C)(=O)=O. The molecule has 2 N–H and O–H groups in total. The molecule has 0 amide bonds. The van der Waals surface area contributed by atoms with Crippen molar-refractivity contribution in [2.75, 3.05) is 13.4 Å². The van der Waals surface area contributed by atoms with Crippen molar-refractivity contribution in [2.24, 2.45) is 5.73 Å². The molecule has 5 heteroatoms. The minimum atomic E-state index is -3.13. The first-order valence-corrected chi connectivity index (χ1v) is 7.44. The standard InChI is InChI=1S/C12H19NO3S/c1-4-11(17(3,14)15)12(13)9-5-7-10(16-2)8-6-9/h5-8,11-12H,4,13H2,1-3H3. The lowest BCUT2D eigenvalue weighted by Gasteiger charge is -2.21. The zero-order chi connectivity index (χ0) is 13.1. The normalized spacial score (nSPS) is 15.3. The van der Waals surface area contributed by atoms with Crippen LogP contribution >= 0.6 is 0 Å². The maximum atomic E-state index is 11.6. The third-order valence-corrected chi connectivity index (χ3v) is 4.58. The molecule has 1 aromatic carbocycles. The Hall–Kier alpha value is -1.07. The fourth-order valence-corrected chi connectivity index (χ4v) is 3.16. The number of rotatable bonds is 5. The number of hydrogen-bond donors (Lipinski definition) is 1. The highest BCUT2D eigenvalue weighted by Crippen LogP contribution is 2.23. The van der Waals surface area contributed by atoms with E-state index in [1.54, 1.807) is 31.4 Å². The molecule has 0 spiro atoms. The first kappa shape index (κ1) is 14.0. The van der Waals surface area contributed by atoms with E-state index in [-0.39, 0.29) is 0 Å². The molecule has 0 aliphatic carbocycles. The number of sulfone groups is 1. The number of nitrogens with two attached hydrogens (primary N) is 1. The quantitative estimate of drug-likeness (QED) is 0.868. The van der Waals surface area contributed by atoms with Gasteiger partial charge in [-0.15, -0.1) is 0 Å². The molecule has 0 saturated heterocycles. The molecule has 0 bridgehead atoms. The molecular formula is C12H19NO3S. The average Bonchev–Trinajstić information content (AvgIpc) is 2.28. The second-order valence-electron chi connectivity index (χ2n) is 4.08. The van der Waals surface area contributed by atoms with Crippen molar-refractivity contribution < 1.29 is 13.2 Å². The summed E-state index contributed by atoms with van der Waals surface area (Å²) in [6.45, 7) is 1.83. The largest absolute Gasteiger partial charge is 0.497 e. The molecule has 4 nitrogen and oxygen atoms in total. The summed E-state index contributed by atoms with van der Waals surface area (Å²) < 4.78 is 28.2. The summed E-state index contributed by atoms with van der Waals surface area (Å²) in [7, 11) is -1.55. The van der Waals surface area contributed by atoms with Crippen LogP contribution < -0.4 is 10.5 Å². The second kappa shape index (κ2) is 5.51. The summed E-state index contributed by atoms with van der Waals surface area (Å²) >= 11 is 0. The summed E-state index contributed by atoms with van der Waals surface area (Å²) in [6, 6.07) is 6.67. The molecule has 0 fully saturated rings. The van der Waals surface area contributed by atoms with Crippen molar-refractivity contribution in [1.29, 1.82) is 0 Å². The Balaban J connectivity index is 2.98. The summed E-state index contributed by atoms with van der Waals surface area (Å²) in [5.74, 6) is 0.730. The van der Waals surface area contributed by atoms with E-state index in [0.717, 1.165) is 11.3 Å². The van der Waals surface area contributed by atoms with Gasteiger partial charge in [0.1, 0.15) is 5.75 Å². The Labute approximate surface area is 103 Å². The van der Waals surface area contributed by atoms with Gasteiger partial charge >= 0.3 is 0 Å². The van der Waals surface area contributed by atoms with E-state index in [1.807, 2.05) is 6.92 Å². The van der Waals surface area contributed by atoms with E-state index >= 15 is 0 Å². The highest BCUT2D eigenvalue weighted by Gasteiger charge is 2.26. The number of methoxy groups -OCH3 is 1. The van der Waals surface area contributed by atoms with Gasteiger partial charge in [-0.25, -0.2) is 8.42 Å². The van der Waals surface area contributed by atoms with Crippen LogP contribution in [0.5, 0.6) is 5.75 Å². The van der Waals surface area contributed by atoms with E-state index in [0.29, 0.717) is 6.42 Å². The molecule has 96 valence electrons. The van der Waals surface area contributed by atoms with E-state index < -0.39 is 21.1 Å². The number of ether oxygens (including phenoxy) is 1. The smallest absolute Gasteiger partial charge is 0.152 e. The monoisotopic (exact) mass is 257 g/mol. The van der Waals surface area contributed by atoms with Crippen LogP contribution in [0, 0.1) is 0 Å². The molecule has 1 aromatic rings. The van der Waals surface area contributed by atoms with Gasteiger partial charge in [0, 0.05) is 12.3 Å². The van der Waals surface area contributed by atoms with Gasteiger partial charge in [0.15, 0.2) is 9.84 Å². The van der Waals surface area contributed by atoms with Gasteiger partial charge in [0.25, 0.3) is 0 Å². The number of hydrogen-bond acceptors (Lipinski definition) is 4. The van der Waals surface area contributed by atoms with Crippen molar-refractivity contribution in [3.63, 3.8) is 0 Å². The summed E-state index contributed by atoms with van der Waals surface area (Å²) in [5.41, 5.74) is 6.82. The van der Waals surface area contributed by atoms with Crippen LogP contribution in [0.4, 0.5) is 0 Å². The molecule has 2 unspecified atom stereocenters. The molecule has 0 aliphatic heterocycles. The van der Waals surface area contributed by atoms with Crippen molar-refractivity contribution >= 4 is 9.84 Å². The Morgan fingerprint density at radius 2 is 1.82 bits per heavy atom. The van der Waals surface area contributed by atoms with Gasteiger partial charge in [0.2, 0.25) is 0 Å². The Morgan fingerprint density at radius 1 is 1.29 bits per heavy atom. The predicted octanol–water partition coefficient (Wildman–Crippen LogP) is 1.52. The van der Waals surface area contributed by atoms with Crippen molar-refractivity contribution in [3.05, 3.63) is 29.8 Å². The molecule has 2 atom stereocenters. The molecule has 0 heterocycles. The maximum Gasteiger partial charge on any atom is 0.152 e. The summed E-state index contributed by atoms with van der Waals surface area (Å²) in [6.07, 6.45) is 1.73. The van der Waals surface area contributed by atoms with Gasteiger partial charge in [-0.3, -0.25) is 0 Å². The van der Waals surface area contributed by atoms with Gasteiger partial charge in [0.05, 0.1) is 12.4 Å². The lowest BCUT2D eigenvalue weighted by atomic mass is 10.0. The third kappa shape index (κ3) is 3.44. The number of benzene rings is 1. The molecule has 0 aliphatic rings. The van der Waals surface area contributed by atoms with Gasteiger partial charge in [-0.05, 0) is 24.1 Å². The van der Waals surface area contributed by atoms with Crippen LogP contribution in [-0.4, -0.2) is 27.0 Å². The highest BCUT2D eigenvalue weighted by atomic mass is 32.2. The molecule has 0 saturated carbocycles. The summed E-state index contributed by atoms with van der Waals surface area (Å²) in [4.78, 5) is 0. The van der Waals surface area contributed by atoms with Gasteiger partial charge < -0.3 is 10.5 Å². The van der Waals surface area contributed by atoms with Crippen LogP contribution in [0.15, 0.2) is 24.3 Å². The van der Waals surface area contributed by atoms with Crippen LogP contribution in [-0.2, 0) is 9.84 Å². The lowest BCUT2D eigenvalue weighted by Crippen LogP contribution is -2.32. The molecule has 1 rings (SSSR count). The third-order valence-electron chi connectivity index (χ3n) is 2.85. The Kier molecular flexibility index (Phi) is 4.54. The fourth-order valence-electron chi connectivity index (χ4n) is 1.86. The predicted molar refractivity (Wildman–Crippen MR) is 68.8 cm³/mol. The lowest BCUT2D eigenvalue weighted by molar-refractivity contribution is 0.414. The van der Waals surface area contributed by atoms with Crippen LogP contribution in [0.1, 0.15) is 24.9 Å². The first-order chi connectivity index (χ1) is 7.90. The minimum absolute atomic E-state index is 0.499. The Morgan fingerprint density at radius 3 is 2.18 bits per heavy atom. The first-order valence-electron chi connectivity index (χ1n) is 5.48. The van der Waals surface area contributed by atoms with Crippen LogP contribution in [0.2, 0.25) is 0 Å². The topological polar surface area (TPSA) is 69.4 Å². The van der Waals surface area contributed by atoms with E-state index in [4.69, 9.17) is 10.5 Å². The van der Waals surface area contributed by atoms with Crippen molar-refractivity contribution in [3.8, 4) is 5.75 Å². The Bertz CT molecular complexity index is 453. The van der Waals surface area contributed by atoms with Gasteiger partial charge in [-0.2, -0.15) is 0 Å². The van der Waals surface area contributed by atoms with Gasteiger partial charge in [-0.1, -0.05) is 19.1 Å². The molecular weight excluding hydrogens is 238 g/mol. The second-order valence-corrected chi connectivity index (χ2v) is 6.34. The van der Waals surface area contributed by atoms with E-state index in [1.165, 1.54) is 6.26 Å². The zero-order valence-electron chi connectivity index (χ0n) is 10.4. The molecule has 0 radical (unpaired) electrons. The van der Waals surface area contributed by atoms with Crippen molar-refractivity contribution in [1.82, 2.24) is 0 Å². The van der Waals surface area contributed by atoms with E-state index in [2.05, 4.69) is 0 Å². The fraction of sp³-hybridized carbons (Fsp3) is 0.500. The molecule has 0 aromatic heterocycles. The summed E-state index contributed by atoms with van der Waals surface area (Å²) in [5, 5.41) is -0.545. The minimum Gasteiger partial charge on any atom is -0.497 e. The highest BCUT2D eigenvalue weighted by molar-refractivity contribution is 7.91. The zero-order valence-corrected chi connectivity index (χ0v) is 11.2. The van der Waals surface area contributed by atoms with Crippen molar-refractivity contribution in [2.45, 2.75) is 24.6 Å².